The Balaban J connectivity index is 1.52. The van der Waals surface area contributed by atoms with E-state index in [4.69, 9.17) is 9.47 Å². The lowest BCUT2D eigenvalue weighted by atomic mass is 10.2. The van der Waals surface area contributed by atoms with Crippen LogP contribution < -0.4 is 14.8 Å². The highest BCUT2D eigenvalue weighted by atomic mass is 16.6. The van der Waals surface area contributed by atoms with E-state index < -0.39 is 0 Å². The summed E-state index contributed by atoms with van der Waals surface area (Å²) < 4.78 is 13.3. The van der Waals surface area contributed by atoms with Gasteiger partial charge in [-0.05, 0) is 44.9 Å². The van der Waals surface area contributed by atoms with Gasteiger partial charge >= 0.3 is 0 Å². The average Bonchev–Trinajstić information content (AvgIpc) is 3.34. The Kier molecular flexibility index (Phi) is 4.98. The number of carbonyl (C=O) groups is 2. The Bertz CT molecular complexity index is 913. The van der Waals surface area contributed by atoms with Gasteiger partial charge in [0.15, 0.2) is 11.5 Å². The standard InChI is InChI=1S/C21H25N3O4/c1-14-11-17(21(26)22-13-20(25)23-7-3-4-8-23)15(2)24(14)16-5-6-18-19(12-16)28-10-9-27-18/h5-6,11-12H,3-4,7-10,13H2,1-2H3,(H,22,26). The summed E-state index contributed by atoms with van der Waals surface area (Å²) in [6, 6.07) is 7.61. The molecule has 1 aromatic heterocycles. The van der Waals surface area contributed by atoms with Gasteiger partial charge in [0.1, 0.15) is 13.2 Å². The van der Waals surface area contributed by atoms with E-state index in [-0.39, 0.29) is 18.4 Å². The van der Waals surface area contributed by atoms with Gasteiger partial charge in [0.25, 0.3) is 5.91 Å². The van der Waals surface area contributed by atoms with Gasteiger partial charge in [-0.15, -0.1) is 0 Å². The maximum Gasteiger partial charge on any atom is 0.253 e. The molecule has 7 heteroatoms. The second-order valence-corrected chi connectivity index (χ2v) is 7.22. The largest absolute Gasteiger partial charge is 0.486 e. The number of aryl methyl sites for hydroxylation is 1. The molecule has 2 amide bonds. The predicted molar refractivity (Wildman–Crippen MR) is 104 cm³/mol. The SMILES string of the molecule is Cc1cc(C(=O)NCC(=O)N2CCCC2)c(C)n1-c1ccc2c(c1)OCCO2. The first-order chi connectivity index (χ1) is 13.5. The normalized spacial score (nSPS) is 15.6. The van der Waals surface area contributed by atoms with Gasteiger partial charge in [-0.2, -0.15) is 0 Å². The first-order valence-corrected chi connectivity index (χ1v) is 9.69. The molecular weight excluding hydrogens is 358 g/mol. The number of hydrogen-bond acceptors (Lipinski definition) is 4. The van der Waals surface area contributed by atoms with Crippen molar-refractivity contribution in [3.05, 3.63) is 41.2 Å². The van der Waals surface area contributed by atoms with Gasteiger partial charge in [0.2, 0.25) is 5.91 Å². The molecule has 4 rings (SSSR count). The number of amides is 2. The number of nitrogens with one attached hydrogen (secondary N) is 1. The molecule has 28 heavy (non-hydrogen) atoms. The van der Waals surface area contributed by atoms with Crippen molar-refractivity contribution in [3.63, 3.8) is 0 Å². The third-order valence-electron chi connectivity index (χ3n) is 5.32. The molecule has 2 aliphatic heterocycles. The van der Waals surface area contributed by atoms with E-state index in [9.17, 15) is 9.59 Å². The van der Waals surface area contributed by atoms with Crippen molar-refractivity contribution in [1.82, 2.24) is 14.8 Å². The van der Waals surface area contributed by atoms with Crippen LogP contribution in [0.5, 0.6) is 11.5 Å². The monoisotopic (exact) mass is 383 g/mol. The fraction of sp³-hybridized carbons (Fsp3) is 0.429. The number of likely N-dealkylation sites (tertiary alicyclic amines) is 1. The molecular formula is C21H25N3O4. The summed E-state index contributed by atoms with van der Waals surface area (Å²) in [6.07, 6.45) is 2.08. The molecule has 1 fully saturated rings. The van der Waals surface area contributed by atoms with E-state index in [0.29, 0.717) is 24.5 Å². The smallest absolute Gasteiger partial charge is 0.253 e. The zero-order valence-electron chi connectivity index (χ0n) is 16.3. The first kappa shape index (κ1) is 18.4. The third kappa shape index (κ3) is 3.44. The lowest BCUT2D eigenvalue weighted by Crippen LogP contribution is -2.38. The average molecular weight is 383 g/mol. The van der Waals surface area contributed by atoms with Gasteiger partial charge in [-0.3, -0.25) is 9.59 Å². The van der Waals surface area contributed by atoms with Crippen LogP contribution in [0.25, 0.3) is 5.69 Å². The highest BCUT2D eigenvalue weighted by molar-refractivity contribution is 5.98. The van der Waals surface area contributed by atoms with Crippen molar-refractivity contribution in [2.24, 2.45) is 0 Å². The van der Waals surface area contributed by atoms with Crippen molar-refractivity contribution in [1.29, 1.82) is 0 Å². The summed E-state index contributed by atoms with van der Waals surface area (Å²) in [7, 11) is 0. The predicted octanol–water partition coefficient (Wildman–Crippen LogP) is 2.22. The number of hydrogen-bond donors (Lipinski definition) is 1. The highest BCUT2D eigenvalue weighted by Gasteiger charge is 2.21. The molecule has 148 valence electrons. The third-order valence-corrected chi connectivity index (χ3v) is 5.32. The molecule has 0 bridgehead atoms. The molecule has 0 saturated carbocycles. The van der Waals surface area contributed by atoms with Crippen LogP contribution in [-0.4, -0.2) is 54.1 Å². The van der Waals surface area contributed by atoms with Crippen molar-refractivity contribution >= 4 is 11.8 Å². The number of rotatable bonds is 4. The summed E-state index contributed by atoms with van der Waals surface area (Å²) in [4.78, 5) is 26.7. The lowest BCUT2D eigenvalue weighted by molar-refractivity contribution is -0.129. The van der Waals surface area contributed by atoms with Crippen LogP contribution in [0.1, 0.15) is 34.6 Å². The minimum absolute atomic E-state index is 0.0218. The lowest BCUT2D eigenvalue weighted by Gasteiger charge is -2.20. The second-order valence-electron chi connectivity index (χ2n) is 7.22. The Morgan fingerprint density at radius 3 is 2.50 bits per heavy atom. The molecule has 0 atom stereocenters. The summed E-state index contributed by atoms with van der Waals surface area (Å²) in [6.45, 7) is 6.54. The summed E-state index contributed by atoms with van der Waals surface area (Å²) in [5.41, 5.74) is 3.23. The first-order valence-electron chi connectivity index (χ1n) is 9.69. The Morgan fingerprint density at radius 1 is 1.04 bits per heavy atom. The van der Waals surface area contributed by atoms with Gasteiger partial charge in [-0.25, -0.2) is 0 Å². The van der Waals surface area contributed by atoms with Gasteiger partial charge in [0.05, 0.1) is 12.1 Å². The number of nitrogens with zero attached hydrogens (tertiary/aromatic N) is 2. The van der Waals surface area contributed by atoms with Crippen LogP contribution in [0.3, 0.4) is 0 Å². The second kappa shape index (κ2) is 7.58. The fourth-order valence-corrected chi connectivity index (χ4v) is 3.89. The number of ether oxygens (including phenoxy) is 2. The molecule has 7 nitrogen and oxygen atoms in total. The maximum absolute atomic E-state index is 12.7. The summed E-state index contributed by atoms with van der Waals surface area (Å²) in [5, 5.41) is 2.77. The molecule has 0 spiro atoms. The van der Waals surface area contributed by atoms with Crippen LogP contribution in [0.15, 0.2) is 24.3 Å². The number of benzene rings is 1. The van der Waals surface area contributed by atoms with E-state index in [1.165, 1.54) is 0 Å². The van der Waals surface area contributed by atoms with E-state index in [1.54, 1.807) is 4.90 Å². The Labute approximate surface area is 164 Å². The topological polar surface area (TPSA) is 72.8 Å². The van der Waals surface area contributed by atoms with Crippen LogP contribution in [0, 0.1) is 13.8 Å². The van der Waals surface area contributed by atoms with Crippen LogP contribution in [0.2, 0.25) is 0 Å². The van der Waals surface area contributed by atoms with Crippen molar-refractivity contribution < 1.29 is 19.1 Å². The van der Waals surface area contributed by atoms with Gasteiger partial charge < -0.3 is 24.3 Å². The Hall–Kier alpha value is -2.96. The van der Waals surface area contributed by atoms with E-state index in [2.05, 4.69) is 5.32 Å². The summed E-state index contributed by atoms with van der Waals surface area (Å²) >= 11 is 0. The quantitative estimate of drug-likeness (QED) is 0.879. The Morgan fingerprint density at radius 2 is 1.75 bits per heavy atom. The van der Waals surface area contributed by atoms with Gasteiger partial charge in [0, 0.05) is 36.2 Å². The number of fused-ring (bicyclic) bond motifs is 1. The molecule has 2 aromatic rings. The van der Waals surface area contributed by atoms with Crippen LogP contribution in [0.4, 0.5) is 0 Å². The molecule has 1 saturated heterocycles. The molecule has 1 N–H and O–H groups in total. The molecule has 1 aromatic carbocycles. The minimum Gasteiger partial charge on any atom is -0.486 e. The van der Waals surface area contributed by atoms with Crippen molar-refractivity contribution in [2.45, 2.75) is 26.7 Å². The zero-order chi connectivity index (χ0) is 19.7. The van der Waals surface area contributed by atoms with Crippen LogP contribution >= 0.6 is 0 Å². The van der Waals surface area contributed by atoms with Gasteiger partial charge in [-0.1, -0.05) is 0 Å². The number of aromatic nitrogens is 1. The minimum atomic E-state index is -0.232. The van der Waals surface area contributed by atoms with E-state index in [0.717, 1.165) is 48.8 Å². The molecule has 0 aliphatic carbocycles. The molecule has 2 aliphatic rings. The number of carbonyl (C=O) groups excluding carboxylic acids is 2. The highest BCUT2D eigenvalue weighted by Crippen LogP contribution is 2.33. The van der Waals surface area contributed by atoms with E-state index in [1.807, 2.05) is 42.7 Å². The zero-order valence-corrected chi connectivity index (χ0v) is 16.3. The summed E-state index contributed by atoms with van der Waals surface area (Å²) in [5.74, 6) is 1.19. The van der Waals surface area contributed by atoms with Crippen molar-refractivity contribution in [3.8, 4) is 17.2 Å². The van der Waals surface area contributed by atoms with Crippen LogP contribution in [-0.2, 0) is 4.79 Å². The maximum atomic E-state index is 12.7. The molecule has 3 heterocycles. The molecule has 0 radical (unpaired) electrons. The van der Waals surface area contributed by atoms with E-state index >= 15 is 0 Å². The molecule has 0 unspecified atom stereocenters. The fourth-order valence-electron chi connectivity index (χ4n) is 3.89. The van der Waals surface area contributed by atoms with Crippen molar-refractivity contribution in [2.75, 3.05) is 32.8 Å².